The number of nitrogens with one attached hydrogen (secondary N) is 2. The summed E-state index contributed by atoms with van der Waals surface area (Å²) < 4.78 is 0. The van der Waals surface area contributed by atoms with Gasteiger partial charge in [-0.2, -0.15) is 0 Å². The number of benzene rings is 1. The maximum absolute atomic E-state index is 12.7. The predicted octanol–water partition coefficient (Wildman–Crippen LogP) is 2.35. The van der Waals surface area contributed by atoms with E-state index in [-0.39, 0.29) is 24.0 Å². The van der Waals surface area contributed by atoms with Crippen molar-refractivity contribution in [2.75, 3.05) is 20.1 Å². The Kier molecular flexibility index (Phi) is 4.32. The van der Waals surface area contributed by atoms with Crippen LogP contribution >= 0.6 is 0 Å². The number of imide groups is 1. The van der Waals surface area contributed by atoms with E-state index in [1.807, 2.05) is 13.0 Å². The number of hydrogen-bond donors (Lipinski definition) is 2. The van der Waals surface area contributed by atoms with Crippen LogP contribution < -0.4 is 10.6 Å². The molecule has 1 aliphatic carbocycles. The molecular formula is C20H26N4O3. The molecule has 2 aliphatic heterocycles. The van der Waals surface area contributed by atoms with Crippen LogP contribution in [0.5, 0.6) is 0 Å². The van der Waals surface area contributed by atoms with Crippen LogP contribution in [0, 0.1) is 0 Å². The second-order valence-electron chi connectivity index (χ2n) is 7.98. The lowest BCUT2D eigenvalue weighted by Crippen LogP contribution is -2.57. The molecule has 1 aromatic rings. The van der Waals surface area contributed by atoms with Crippen LogP contribution in [-0.4, -0.2) is 53.4 Å². The van der Waals surface area contributed by atoms with Crippen molar-refractivity contribution >= 4 is 18.0 Å². The summed E-state index contributed by atoms with van der Waals surface area (Å²) in [5.74, 6) is 0.487. The van der Waals surface area contributed by atoms with Crippen molar-refractivity contribution in [2.24, 2.45) is 0 Å². The Hall–Kier alpha value is -2.57. The summed E-state index contributed by atoms with van der Waals surface area (Å²) >= 11 is 0. The van der Waals surface area contributed by atoms with E-state index in [0.29, 0.717) is 31.8 Å². The van der Waals surface area contributed by atoms with Gasteiger partial charge in [-0.1, -0.05) is 24.3 Å². The van der Waals surface area contributed by atoms with Crippen molar-refractivity contribution in [3.05, 3.63) is 35.4 Å². The summed E-state index contributed by atoms with van der Waals surface area (Å²) in [5.41, 5.74) is 1.63. The van der Waals surface area contributed by atoms with Crippen LogP contribution in [0.2, 0.25) is 0 Å². The maximum atomic E-state index is 12.7. The predicted molar refractivity (Wildman–Crippen MR) is 100 cm³/mol. The van der Waals surface area contributed by atoms with Gasteiger partial charge in [-0.05, 0) is 49.7 Å². The molecule has 4 rings (SSSR count). The summed E-state index contributed by atoms with van der Waals surface area (Å²) in [6.07, 6.45) is 3.40. The molecule has 3 fully saturated rings. The van der Waals surface area contributed by atoms with Crippen molar-refractivity contribution in [1.29, 1.82) is 0 Å². The van der Waals surface area contributed by atoms with Gasteiger partial charge >= 0.3 is 12.1 Å². The van der Waals surface area contributed by atoms with Crippen molar-refractivity contribution < 1.29 is 14.4 Å². The lowest BCUT2D eigenvalue weighted by molar-refractivity contribution is -0.131. The van der Waals surface area contributed by atoms with E-state index >= 15 is 0 Å². The summed E-state index contributed by atoms with van der Waals surface area (Å²) in [6, 6.07) is 7.89. The van der Waals surface area contributed by atoms with Gasteiger partial charge < -0.3 is 15.5 Å². The Labute approximate surface area is 159 Å². The highest BCUT2D eigenvalue weighted by molar-refractivity contribution is 6.06. The fraction of sp³-hybridized carbons (Fsp3) is 0.550. The van der Waals surface area contributed by atoms with Crippen molar-refractivity contribution in [3.8, 4) is 0 Å². The van der Waals surface area contributed by atoms with Gasteiger partial charge in [-0.25, -0.2) is 9.59 Å². The second-order valence-corrected chi connectivity index (χ2v) is 7.98. The van der Waals surface area contributed by atoms with E-state index < -0.39 is 5.54 Å². The highest BCUT2D eigenvalue weighted by Gasteiger charge is 2.51. The highest BCUT2D eigenvalue weighted by atomic mass is 16.2. The number of rotatable bonds is 3. The minimum atomic E-state index is -0.840. The first-order chi connectivity index (χ1) is 12.9. The molecule has 1 aromatic carbocycles. The van der Waals surface area contributed by atoms with E-state index in [2.05, 4.69) is 28.8 Å². The first kappa shape index (κ1) is 17.8. The Bertz CT molecular complexity index is 781. The third-order valence-corrected chi connectivity index (χ3v) is 6.07. The summed E-state index contributed by atoms with van der Waals surface area (Å²) in [7, 11) is 1.49. The highest BCUT2D eigenvalue weighted by Crippen LogP contribution is 2.40. The van der Waals surface area contributed by atoms with E-state index in [1.54, 1.807) is 4.90 Å². The number of likely N-dealkylation sites (tertiary alicyclic amines) is 1. The molecule has 144 valence electrons. The van der Waals surface area contributed by atoms with Gasteiger partial charge in [-0.15, -0.1) is 0 Å². The molecule has 2 N–H and O–H groups in total. The smallest absolute Gasteiger partial charge is 0.324 e. The largest absolute Gasteiger partial charge is 0.331 e. The van der Waals surface area contributed by atoms with Gasteiger partial charge in [0.05, 0.1) is 6.04 Å². The molecule has 7 nitrogen and oxygen atoms in total. The summed E-state index contributed by atoms with van der Waals surface area (Å²) in [6.45, 7) is 2.88. The van der Waals surface area contributed by atoms with Crippen molar-refractivity contribution in [1.82, 2.24) is 20.4 Å². The molecule has 1 spiro atoms. The molecule has 0 radical (unpaired) electrons. The maximum Gasteiger partial charge on any atom is 0.324 e. The molecule has 0 bridgehead atoms. The van der Waals surface area contributed by atoms with Crippen LogP contribution in [0.1, 0.15) is 55.7 Å². The van der Waals surface area contributed by atoms with Crippen molar-refractivity contribution in [2.45, 2.75) is 50.1 Å². The molecule has 5 amide bonds. The molecule has 1 atom stereocenters. The first-order valence-electron chi connectivity index (χ1n) is 9.65. The quantitative estimate of drug-likeness (QED) is 0.802. The van der Waals surface area contributed by atoms with Crippen molar-refractivity contribution in [3.63, 3.8) is 0 Å². The fourth-order valence-corrected chi connectivity index (χ4v) is 4.04. The minimum absolute atomic E-state index is 0.0777. The zero-order valence-corrected chi connectivity index (χ0v) is 15.8. The van der Waals surface area contributed by atoms with E-state index in [1.165, 1.54) is 25.5 Å². The third-order valence-electron chi connectivity index (χ3n) is 6.07. The minimum Gasteiger partial charge on any atom is -0.331 e. The molecule has 2 saturated heterocycles. The first-order valence-corrected chi connectivity index (χ1v) is 9.65. The third kappa shape index (κ3) is 3.26. The number of likely N-dealkylation sites (N-methyl/N-ethyl adjacent to an activating group) is 1. The molecule has 2 heterocycles. The standard InChI is InChI=1S/C20H26N4O3/c1-13(15-4-3-5-16(12-15)14-6-7-14)21-18(26)24-10-8-20(9-11-24)17(25)23(2)19(27)22-20/h3-5,12-14H,6-11H2,1-2H3,(H,21,26)(H,22,27). The molecule has 27 heavy (non-hydrogen) atoms. The second kappa shape index (κ2) is 6.55. The van der Waals surface area contributed by atoms with E-state index in [4.69, 9.17) is 0 Å². The Morgan fingerprint density at radius 1 is 1.26 bits per heavy atom. The number of urea groups is 2. The zero-order chi connectivity index (χ0) is 19.2. The van der Waals surface area contributed by atoms with Crippen LogP contribution in [0.25, 0.3) is 0 Å². The van der Waals surface area contributed by atoms with Crippen LogP contribution in [-0.2, 0) is 4.79 Å². The zero-order valence-electron chi connectivity index (χ0n) is 15.8. The van der Waals surface area contributed by atoms with Crippen LogP contribution in [0.3, 0.4) is 0 Å². The van der Waals surface area contributed by atoms with Crippen LogP contribution in [0.15, 0.2) is 24.3 Å². The normalized spacial score (nSPS) is 22.7. The molecule has 1 unspecified atom stereocenters. The Balaban J connectivity index is 1.35. The number of piperidine rings is 1. The molecular weight excluding hydrogens is 344 g/mol. The number of nitrogens with zero attached hydrogens (tertiary/aromatic N) is 2. The van der Waals surface area contributed by atoms with Gasteiger partial charge in [0.25, 0.3) is 5.91 Å². The van der Waals surface area contributed by atoms with E-state index in [0.717, 1.165) is 10.5 Å². The van der Waals surface area contributed by atoms with Gasteiger partial charge in [0.2, 0.25) is 0 Å². The summed E-state index contributed by atoms with van der Waals surface area (Å²) in [4.78, 5) is 39.6. The fourth-order valence-electron chi connectivity index (χ4n) is 4.04. The number of carbonyl (C=O) groups is 3. The topological polar surface area (TPSA) is 81.8 Å². The number of carbonyl (C=O) groups excluding carboxylic acids is 3. The monoisotopic (exact) mass is 370 g/mol. The lowest BCUT2D eigenvalue weighted by atomic mass is 9.87. The molecule has 3 aliphatic rings. The molecule has 1 saturated carbocycles. The Morgan fingerprint density at radius 2 is 1.96 bits per heavy atom. The SMILES string of the molecule is CC(NC(=O)N1CCC2(CC1)NC(=O)N(C)C2=O)c1cccc(C2CC2)c1. The molecule has 7 heteroatoms. The Morgan fingerprint density at radius 3 is 2.56 bits per heavy atom. The van der Waals surface area contributed by atoms with Gasteiger partial charge in [0.15, 0.2) is 0 Å². The molecule has 0 aromatic heterocycles. The van der Waals surface area contributed by atoms with Gasteiger partial charge in [0, 0.05) is 20.1 Å². The average molecular weight is 370 g/mol. The van der Waals surface area contributed by atoms with E-state index in [9.17, 15) is 14.4 Å². The lowest BCUT2D eigenvalue weighted by Gasteiger charge is -2.37. The summed E-state index contributed by atoms with van der Waals surface area (Å²) in [5, 5.41) is 5.86. The number of amides is 5. The van der Waals surface area contributed by atoms with Gasteiger partial charge in [0.1, 0.15) is 5.54 Å². The number of hydrogen-bond acceptors (Lipinski definition) is 3. The van der Waals surface area contributed by atoms with Gasteiger partial charge in [-0.3, -0.25) is 9.69 Å². The average Bonchev–Trinajstić information content (AvgIpc) is 3.49. The van der Waals surface area contributed by atoms with Crippen LogP contribution in [0.4, 0.5) is 9.59 Å².